The van der Waals surface area contributed by atoms with E-state index in [1.807, 2.05) is 0 Å². The molecule has 2 heterocycles. The number of nitrogens with zero attached hydrogens (tertiary/aromatic N) is 4. The highest BCUT2D eigenvalue weighted by Crippen LogP contribution is 2.34. The third-order valence-corrected chi connectivity index (χ3v) is 4.77. The van der Waals surface area contributed by atoms with Gasteiger partial charge in [0, 0.05) is 24.4 Å². The molecule has 21 heavy (non-hydrogen) atoms. The zero-order valence-corrected chi connectivity index (χ0v) is 13.6. The molecule has 114 valence electrons. The summed E-state index contributed by atoms with van der Waals surface area (Å²) in [7, 11) is 0. The Kier molecular flexibility index (Phi) is 3.87. The Labute approximate surface area is 127 Å². The lowest BCUT2D eigenvalue weighted by atomic mass is 10.0. The second kappa shape index (κ2) is 5.66. The van der Waals surface area contributed by atoms with Crippen molar-refractivity contribution in [1.82, 2.24) is 19.6 Å². The Morgan fingerprint density at radius 2 is 2.05 bits per heavy atom. The van der Waals surface area contributed by atoms with Crippen molar-refractivity contribution in [3.63, 3.8) is 0 Å². The van der Waals surface area contributed by atoms with Gasteiger partial charge in [-0.25, -0.2) is 0 Å². The zero-order chi connectivity index (χ0) is 15.0. The fourth-order valence-corrected chi connectivity index (χ4v) is 2.87. The quantitative estimate of drug-likeness (QED) is 0.810. The predicted octanol–water partition coefficient (Wildman–Crippen LogP) is 3.79. The smallest absolute Gasteiger partial charge is 0.0653 e. The predicted molar refractivity (Wildman–Crippen MR) is 84.6 cm³/mol. The van der Waals surface area contributed by atoms with Crippen molar-refractivity contribution in [2.24, 2.45) is 0 Å². The lowest BCUT2D eigenvalue weighted by molar-refractivity contribution is 0.507. The van der Waals surface area contributed by atoms with Gasteiger partial charge in [-0.1, -0.05) is 13.8 Å². The minimum Gasteiger partial charge on any atom is -0.269 e. The Hall–Kier alpha value is -1.58. The van der Waals surface area contributed by atoms with Gasteiger partial charge in [0.15, 0.2) is 0 Å². The van der Waals surface area contributed by atoms with Crippen LogP contribution in [0.3, 0.4) is 0 Å². The fraction of sp³-hybridized carbons (Fsp3) is 0.647. The van der Waals surface area contributed by atoms with Gasteiger partial charge in [-0.3, -0.25) is 9.36 Å². The average molecular weight is 286 g/mol. The Morgan fingerprint density at radius 3 is 2.67 bits per heavy atom. The van der Waals surface area contributed by atoms with Crippen molar-refractivity contribution in [2.75, 3.05) is 0 Å². The summed E-state index contributed by atoms with van der Waals surface area (Å²) in [6, 6.07) is 2.86. The van der Waals surface area contributed by atoms with Crippen LogP contribution in [0.4, 0.5) is 0 Å². The first-order valence-electron chi connectivity index (χ1n) is 8.18. The molecule has 1 unspecified atom stereocenters. The summed E-state index contributed by atoms with van der Waals surface area (Å²) in [4.78, 5) is 0. The number of hydrogen-bond acceptors (Lipinski definition) is 2. The monoisotopic (exact) mass is 286 g/mol. The van der Waals surface area contributed by atoms with Crippen LogP contribution in [0.2, 0.25) is 0 Å². The van der Waals surface area contributed by atoms with Gasteiger partial charge < -0.3 is 0 Å². The van der Waals surface area contributed by atoms with Crippen LogP contribution in [0.1, 0.15) is 67.7 Å². The molecule has 0 aromatic carbocycles. The average Bonchev–Trinajstić information content (AvgIpc) is 3.15. The topological polar surface area (TPSA) is 35.6 Å². The van der Waals surface area contributed by atoms with Gasteiger partial charge in [-0.2, -0.15) is 10.2 Å². The largest absolute Gasteiger partial charge is 0.269 e. The van der Waals surface area contributed by atoms with Crippen molar-refractivity contribution >= 4 is 0 Å². The van der Waals surface area contributed by atoms with Gasteiger partial charge in [-0.15, -0.1) is 0 Å². The minimum absolute atomic E-state index is 0.485. The summed E-state index contributed by atoms with van der Waals surface area (Å²) in [5.74, 6) is 0.485. The molecular formula is C17H26N4. The molecule has 0 saturated heterocycles. The number of rotatable bonds is 6. The Bertz CT molecular complexity index is 619. The summed E-state index contributed by atoms with van der Waals surface area (Å²) in [6.07, 6.45) is 6.83. The molecular weight excluding hydrogens is 260 g/mol. The van der Waals surface area contributed by atoms with Gasteiger partial charge in [0.05, 0.1) is 17.4 Å². The molecule has 4 nitrogen and oxygen atoms in total. The summed E-state index contributed by atoms with van der Waals surface area (Å²) >= 11 is 0. The molecule has 1 aliphatic carbocycles. The highest BCUT2D eigenvalue weighted by molar-refractivity contribution is 5.23. The van der Waals surface area contributed by atoms with Crippen LogP contribution in [0.25, 0.3) is 0 Å². The number of hydrogen-bond donors (Lipinski definition) is 0. The van der Waals surface area contributed by atoms with E-state index in [0.717, 1.165) is 19.4 Å². The SMILES string of the molecule is CCc1nn(CCC(C)c2ccn(C3CC3)n2)c(C)c1C. The Morgan fingerprint density at radius 1 is 1.29 bits per heavy atom. The van der Waals surface area contributed by atoms with Gasteiger partial charge in [0.2, 0.25) is 0 Å². The molecule has 1 saturated carbocycles. The third kappa shape index (κ3) is 2.89. The first kappa shape index (κ1) is 14.4. The maximum Gasteiger partial charge on any atom is 0.0653 e. The van der Waals surface area contributed by atoms with Gasteiger partial charge in [-0.05, 0) is 51.2 Å². The van der Waals surface area contributed by atoms with Crippen molar-refractivity contribution in [3.05, 3.63) is 34.9 Å². The number of aryl methyl sites for hydroxylation is 2. The van der Waals surface area contributed by atoms with Crippen LogP contribution in [-0.2, 0) is 13.0 Å². The standard InChI is InChI=1S/C17H26N4/c1-5-16-13(3)14(4)20(18-16)10-8-12(2)17-9-11-21(19-17)15-6-7-15/h9,11-12,15H,5-8,10H2,1-4H3. The van der Waals surface area contributed by atoms with E-state index < -0.39 is 0 Å². The van der Waals surface area contributed by atoms with Crippen LogP contribution < -0.4 is 0 Å². The van der Waals surface area contributed by atoms with E-state index in [9.17, 15) is 0 Å². The second-order valence-electron chi connectivity index (χ2n) is 6.38. The normalized spacial score (nSPS) is 16.4. The van der Waals surface area contributed by atoms with Crippen molar-refractivity contribution in [3.8, 4) is 0 Å². The zero-order valence-electron chi connectivity index (χ0n) is 13.6. The maximum atomic E-state index is 4.73. The van der Waals surface area contributed by atoms with E-state index in [2.05, 4.69) is 49.3 Å². The third-order valence-electron chi connectivity index (χ3n) is 4.77. The van der Waals surface area contributed by atoms with E-state index in [4.69, 9.17) is 10.2 Å². The molecule has 2 aromatic heterocycles. The first-order chi connectivity index (χ1) is 10.1. The van der Waals surface area contributed by atoms with Crippen LogP contribution >= 0.6 is 0 Å². The minimum atomic E-state index is 0.485. The second-order valence-corrected chi connectivity index (χ2v) is 6.38. The van der Waals surface area contributed by atoms with E-state index in [-0.39, 0.29) is 0 Å². The maximum absolute atomic E-state index is 4.73. The van der Waals surface area contributed by atoms with Crippen molar-refractivity contribution < 1.29 is 0 Å². The summed E-state index contributed by atoms with van der Waals surface area (Å²) < 4.78 is 4.31. The first-order valence-corrected chi connectivity index (χ1v) is 8.18. The van der Waals surface area contributed by atoms with E-state index in [1.54, 1.807) is 0 Å². The molecule has 0 aliphatic heterocycles. The summed E-state index contributed by atoms with van der Waals surface area (Å²) in [5, 5.41) is 9.46. The van der Waals surface area contributed by atoms with E-state index in [0.29, 0.717) is 12.0 Å². The van der Waals surface area contributed by atoms with Crippen LogP contribution in [0.15, 0.2) is 12.3 Å². The fourth-order valence-electron chi connectivity index (χ4n) is 2.87. The molecule has 1 aliphatic rings. The van der Waals surface area contributed by atoms with Crippen molar-refractivity contribution in [2.45, 2.75) is 71.9 Å². The molecule has 2 aromatic rings. The van der Waals surface area contributed by atoms with Crippen LogP contribution in [0, 0.1) is 13.8 Å². The van der Waals surface area contributed by atoms with Gasteiger partial charge in [0.1, 0.15) is 0 Å². The van der Waals surface area contributed by atoms with Crippen molar-refractivity contribution in [1.29, 1.82) is 0 Å². The van der Waals surface area contributed by atoms with Gasteiger partial charge >= 0.3 is 0 Å². The lowest BCUT2D eigenvalue weighted by Crippen LogP contribution is -2.07. The Balaban J connectivity index is 1.63. The molecule has 0 spiro atoms. The molecule has 1 fully saturated rings. The molecule has 0 amide bonds. The molecule has 3 rings (SSSR count). The van der Waals surface area contributed by atoms with Crippen LogP contribution in [0.5, 0.6) is 0 Å². The van der Waals surface area contributed by atoms with E-state index >= 15 is 0 Å². The highest BCUT2D eigenvalue weighted by atomic mass is 15.3. The molecule has 1 atom stereocenters. The molecule has 0 bridgehead atoms. The van der Waals surface area contributed by atoms with Crippen LogP contribution in [-0.4, -0.2) is 19.6 Å². The molecule has 4 heteroatoms. The molecule has 0 N–H and O–H groups in total. The summed E-state index contributed by atoms with van der Waals surface area (Å²) in [6.45, 7) is 9.77. The number of aromatic nitrogens is 4. The lowest BCUT2D eigenvalue weighted by Gasteiger charge is -2.10. The molecule has 0 radical (unpaired) electrons. The van der Waals surface area contributed by atoms with E-state index in [1.165, 1.54) is 35.5 Å². The summed E-state index contributed by atoms with van der Waals surface area (Å²) in [5.41, 5.74) is 5.11. The van der Waals surface area contributed by atoms with Gasteiger partial charge in [0.25, 0.3) is 0 Å². The highest BCUT2D eigenvalue weighted by Gasteiger charge is 2.24.